The number of hydrazone groups is 1. The van der Waals surface area contributed by atoms with E-state index in [-0.39, 0.29) is 5.91 Å². The molecule has 0 bridgehead atoms. The summed E-state index contributed by atoms with van der Waals surface area (Å²) in [5.74, 6) is 0.970. The Bertz CT molecular complexity index is 620. The van der Waals surface area contributed by atoms with Crippen molar-refractivity contribution in [3.05, 3.63) is 53.9 Å². The van der Waals surface area contributed by atoms with Crippen LogP contribution in [0.2, 0.25) is 0 Å². The number of hydrogen-bond acceptors (Lipinski definition) is 5. The zero-order chi connectivity index (χ0) is 15.1. The molecule has 6 heteroatoms. The summed E-state index contributed by atoms with van der Waals surface area (Å²) in [6, 6.07) is 8.66. The standard InChI is InChI=1S/C15H15N3O3/c1-20-13-6-11(7-14(8-13)21-2)9-17-18-15(19)12-4-3-5-16-10-12/h3-10H,1-2H3,(H,18,19)/b17-9+. The van der Waals surface area contributed by atoms with Gasteiger partial charge in [0.15, 0.2) is 0 Å². The lowest BCUT2D eigenvalue weighted by molar-refractivity contribution is 0.0955. The Morgan fingerprint density at radius 1 is 1.24 bits per heavy atom. The van der Waals surface area contributed by atoms with E-state index < -0.39 is 0 Å². The Kier molecular flexibility index (Phi) is 4.87. The smallest absolute Gasteiger partial charge is 0.272 e. The SMILES string of the molecule is COc1cc(/C=N/NC(=O)c2cccnc2)cc(OC)c1. The van der Waals surface area contributed by atoms with Crippen molar-refractivity contribution in [2.75, 3.05) is 14.2 Å². The van der Waals surface area contributed by atoms with Gasteiger partial charge in [0.1, 0.15) is 11.5 Å². The van der Waals surface area contributed by atoms with Crippen molar-refractivity contribution in [2.24, 2.45) is 5.10 Å². The first-order valence-corrected chi connectivity index (χ1v) is 6.19. The summed E-state index contributed by atoms with van der Waals surface area (Å²) in [5.41, 5.74) is 3.62. The van der Waals surface area contributed by atoms with Gasteiger partial charge in [0.2, 0.25) is 0 Å². The first-order chi connectivity index (χ1) is 10.2. The van der Waals surface area contributed by atoms with Crippen LogP contribution in [-0.4, -0.2) is 31.3 Å². The number of aromatic nitrogens is 1. The molecule has 0 radical (unpaired) electrons. The van der Waals surface area contributed by atoms with E-state index in [1.807, 2.05) is 0 Å². The number of nitrogens with one attached hydrogen (secondary N) is 1. The highest BCUT2D eigenvalue weighted by atomic mass is 16.5. The third kappa shape index (κ3) is 4.04. The third-order valence-electron chi connectivity index (χ3n) is 2.68. The lowest BCUT2D eigenvalue weighted by atomic mass is 10.2. The van der Waals surface area contributed by atoms with E-state index in [4.69, 9.17) is 9.47 Å². The number of benzene rings is 1. The molecule has 0 fully saturated rings. The fraction of sp³-hybridized carbons (Fsp3) is 0.133. The van der Waals surface area contributed by atoms with Crippen molar-refractivity contribution in [2.45, 2.75) is 0 Å². The van der Waals surface area contributed by atoms with Crippen LogP contribution in [0.3, 0.4) is 0 Å². The highest BCUT2D eigenvalue weighted by molar-refractivity contribution is 5.94. The molecule has 1 N–H and O–H groups in total. The van der Waals surface area contributed by atoms with Crippen LogP contribution >= 0.6 is 0 Å². The predicted octanol–water partition coefficient (Wildman–Crippen LogP) is 1.86. The van der Waals surface area contributed by atoms with E-state index in [0.717, 1.165) is 5.56 Å². The summed E-state index contributed by atoms with van der Waals surface area (Å²) in [4.78, 5) is 15.6. The number of pyridine rings is 1. The minimum Gasteiger partial charge on any atom is -0.497 e. The summed E-state index contributed by atoms with van der Waals surface area (Å²) in [6.07, 6.45) is 4.58. The quantitative estimate of drug-likeness (QED) is 0.672. The van der Waals surface area contributed by atoms with Crippen LogP contribution < -0.4 is 14.9 Å². The van der Waals surface area contributed by atoms with Gasteiger partial charge in [-0.05, 0) is 24.3 Å². The van der Waals surface area contributed by atoms with E-state index >= 15 is 0 Å². The number of carbonyl (C=O) groups is 1. The largest absolute Gasteiger partial charge is 0.497 e. The summed E-state index contributed by atoms with van der Waals surface area (Å²) in [5, 5.41) is 3.91. The van der Waals surface area contributed by atoms with Gasteiger partial charge in [0, 0.05) is 24.0 Å². The Morgan fingerprint density at radius 2 is 1.95 bits per heavy atom. The monoisotopic (exact) mass is 285 g/mol. The Balaban J connectivity index is 2.06. The number of amides is 1. The van der Waals surface area contributed by atoms with Crippen LogP contribution in [0.25, 0.3) is 0 Å². The first-order valence-electron chi connectivity index (χ1n) is 6.19. The molecule has 1 aromatic heterocycles. The summed E-state index contributed by atoms with van der Waals surface area (Å²) < 4.78 is 10.3. The average molecular weight is 285 g/mol. The maximum Gasteiger partial charge on any atom is 0.272 e. The fourth-order valence-electron chi connectivity index (χ4n) is 1.63. The van der Waals surface area contributed by atoms with Gasteiger partial charge in [0.25, 0.3) is 5.91 Å². The van der Waals surface area contributed by atoms with E-state index in [0.29, 0.717) is 17.1 Å². The predicted molar refractivity (Wildman–Crippen MR) is 78.8 cm³/mol. The second-order valence-corrected chi connectivity index (χ2v) is 4.09. The summed E-state index contributed by atoms with van der Waals surface area (Å²) >= 11 is 0. The molecule has 1 aromatic carbocycles. The highest BCUT2D eigenvalue weighted by Gasteiger charge is 2.03. The molecular formula is C15H15N3O3. The van der Waals surface area contributed by atoms with Crippen molar-refractivity contribution in [1.82, 2.24) is 10.4 Å². The number of methoxy groups -OCH3 is 2. The molecule has 0 saturated heterocycles. The maximum absolute atomic E-state index is 11.8. The summed E-state index contributed by atoms with van der Waals surface area (Å²) in [6.45, 7) is 0. The van der Waals surface area contributed by atoms with E-state index in [1.165, 1.54) is 12.4 Å². The first kappa shape index (κ1) is 14.5. The van der Waals surface area contributed by atoms with Gasteiger partial charge in [-0.3, -0.25) is 9.78 Å². The molecule has 1 heterocycles. The lowest BCUT2D eigenvalue weighted by Crippen LogP contribution is -2.17. The molecule has 108 valence electrons. The van der Waals surface area contributed by atoms with E-state index in [9.17, 15) is 4.79 Å². The van der Waals surface area contributed by atoms with Crippen LogP contribution in [0.4, 0.5) is 0 Å². The molecule has 1 amide bonds. The second-order valence-electron chi connectivity index (χ2n) is 4.09. The topological polar surface area (TPSA) is 72.8 Å². The molecular weight excluding hydrogens is 270 g/mol. The molecule has 0 aliphatic heterocycles. The second kappa shape index (κ2) is 7.04. The molecule has 6 nitrogen and oxygen atoms in total. The van der Waals surface area contributed by atoms with Crippen LogP contribution in [0.15, 0.2) is 47.8 Å². The Hall–Kier alpha value is -2.89. The van der Waals surface area contributed by atoms with E-state index in [2.05, 4.69) is 15.5 Å². The van der Waals surface area contributed by atoms with Crippen LogP contribution in [0.1, 0.15) is 15.9 Å². The maximum atomic E-state index is 11.8. The number of hydrogen-bond donors (Lipinski definition) is 1. The zero-order valence-corrected chi connectivity index (χ0v) is 11.7. The molecule has 0 atom stereocenters. The Morgan fingerprint density at radius 3 is 2.52 bits per heavy atom. The molecule has 2 rings (SSSR count). The minimum absolute atomic E-state index is 0.325. The fourth-order valence-corrected chi connectivity index (χ4v) is 1.63. The third-order valence-corrected chi connectivity index (χ3v) is 2.68. The molecule has 0 aliphatic rings. The van der Waals surface area contributed by atoms with Gasteiger partial charge in [-0.25, -0.2) is 5.43 Å². The molecule has 2 aromatic rings. The van der Waals surface area contributed by atoms with Gasteiger partial charge >= 0.3 is 0 Å². The van der Waals surface area contributed by atoms with E-state index in [1.54, 1.807) is 50.7 Å². The molecule has 0 aliphatic carbocycles. The Labute approximate surface area is 122 Å². The number of ether oxygens (including phenoxy) is 2. The van der Waals surface area contributed by atoms with Gasteiger partial charge < -0.3 is 9.47 Å². The van der Waals surface area contributed by atoms with Crippen LogP contribution in [0.5, 0.6) is 11.5 Å². The van der Waals surface area contributed by atoms with Gasteiger partial charge in [-0.2, -0.15) is 5.10 Å². The molecule has 0 spiro atoms. The lowest BCUT2D eigenvalue weighted by Gasteiger charge is -2.05. The average Bonchev–Trinajstić information content (AvgIpc) is 2.55. The van der Waals surface area contributed by atoms with Gasteiger partial charge in [0.05, 0.1) is 26.0 Å². The number of rotatable bonds is 5. The molecule has 0 unspecified atom stereocenters. The molecule has 21 heavy (non-hydrogen) atoms. The van der Waals surface area contributed by atoms with Crippen molar-refractivity contribution in [3.63, 3.8) is 0 Å². The normalized spacial score (nSPS) is 10.4. The molecule has 0 saturated carbocycles. The summed E-state index contributed by atoms with van der Waals surface area (Å²) in [7, 11) is 3.14. The number of carbonyl (C=O) groups excluding carboxylic acids is 1. The van der Waals surface area contributed by atoms with Crippen LogP contribution in [0, 0.1) is 0 Å². The van der Waals surface area contributed by atoms with Crippen molar-refractivity contribution in [1.29, 1.82) is 0 Å². The van der Waals surface area contributed by atoms with Crippen molar-refractivity contribution >= 4 is 12.1 Å². The van der Waals surface area contributed by atoms with Crippen molar-refractivity contribution < 1.29 is 14.3 Å². The van der Waals surface area contributed by atoms with Gasteiger partial charge in [-0.1, -0.05) is 0 Å². The highest BCUT2D eigenvalue weighted by Crippen LogP contribution is 2.21. The van der Waals surface area contributed by atoms with Gasteiger partial charge in [-0.15, -0.1) is 0 Å². The number of nitrogens with zero attached hydrogens (tertiary/aromatic N) is 2. The minimum atomic E-state index is -0.325. The van der Waals surface area contributed by atoms with Crippen LogP contribution in [-0.2, 0) is 0 Å². The zero-order valence-electron chi connectivity index (χ0n) is 11.7. The van der Waals surface area contributed by atoms with Crippen molar-refractivity contribution in [3.8, 4) is 11.5 Å².